The lowest BCUT2D eigenvalue weighted by molar-refractivity contribution is 0.104. The zero-order valence-electron chi connectivity index (χ0n) is 10.6. The molecule has 0 spiro atoms. The van der Waals surface area contributed by atoms with Gasteiger partial charge in [0.25, 0.3) is 0 Å². The summed E-state index contributed by atoms with van der Waals surface area (Å²) >= 11 is 0. The number of rotatable bonds is 4. The molecule has 0 saturated carbocycles. The molecule has 0 aromatic heterocycles. The van der Waals surface area contributed by atoms with Gasteiger partial charge in [-0.25, -0.2) is 0 Å². The van der Waals surface area contributed by atoms with Gasteiger partial charge in [-0.3, -0.25) is 4.79 Å². The number of nitrogens with one attached hydrogen (secondary N) is 1. The molecule has 19 heavy (non-hydrogen) atoms. The minimum atomic E-state index is -0.137. The number of phenolic OH excluding ortho intramolecular Hbond substituents is 1. The Bertz CT molecular complexity index is 603. The smallest absolute Gasteiger partial charge is 0.185 e. The highest BCUT2D eigenvalue weighted by atomic mass is 16.3. The molecule has 0 unspecified atom stereocenters. The van der Waals surface area contributed by atoms with Crippen molar-refractivity contribution in [1.82, 2.24) is 0 Å². The summed E-state index contributed by atoms with van der Waals surface area (Å²) in [6.07, 6.45) is 3.26. The van der Waals surface area contributed by atoms with Crippen LogP contribution in [0.1, 0.15) is 15.9 Å². The molecule has 0 heterocycles. The molecule has 2 rings (SSSR count). The molecule has 0 aliphatic heterocycles. The van der Waals surface area contributed by atoms with Gasteiger partial charge in [0.05, 0.1) is 5.69 Å². The number of carbonyl (C=O) groups is 1. The molecule has 0 aliphatic carbocycles. The molecule has 0 atom stereocenters. The lowest BCUT2D eigenvalue weighted by Crippen LogP contribution is -1.96. The molecular weight excluding hydrogens is 238 g/mol. The topological polar surface area (TPSA) is 49.3 Å². The molecule has 0 bridgehead atoms. The number of anilines is 1. The Morgan fingerprint density at radius 1 is 1.16 bits per heavy atom. The standard InChI is InChI=1S/C16H15NO2/c1-17-14-9-8-13(11-16(14)19)15(18)10-7-12-5-3-2-4-6-12/h2-11,17,19H,1H3. The second-order valence-electron chi connectivity index (χ2n) is 4.09. The first kappa shape index (κ1) is 12.9. The Morgan fingerprint density at radius 2 is 1.89 bits per heavy atom. The maximum atomic E-state index is 12.0. The van der Waals surface area contributed by atoms with Crippen LogP contribution in [0, 0.1) is 0 Å². The first-order chi connectivity index (χ1) is 9.20. The number of benzene rings is 2. The van der Waals surface area contributed by atoms with E-state index in [1.807, 2.05) is 30.3 Å². The average molecular weight is 253 g/mol. The maximum Gasteiger partial charge on any atom is 0.185 e. The maximum absolute atomic E-state index is 12.0. The molecule has 0 amide bonds. The van der Waals surface area contributed by atoms with E-state index in [-0.39, 0.29) is 11.5 Å². The van der Waals surface area contributed by atoms with E-state index in [9.17, 15) is 9.90 Å². The number of aromatic hydroxyl groups is 1. The van der Waals surface area contributed by atoms with Crippen molar-refractivity contribution in [2.24, 2.45) is 0 Å². The summed E-state index contributed by atoms with van der Waals surface area (Å²) in [5, 5.41) is 12.5. The highest BCUT2D eigenvalue weighted by Gasteiger charge is 2.05. The molecular formula is C16H15NO2. The van der Waals surface area contributed by atoms with Gasteiger partial charge < -0.3 is 10.4 Å². The van der Waals surface area contributed by atoms with Gasteiger partial charge in [-0.05, 0) is 29.8 Å². The zero-order chi connectivity index (χ0) is 13.7. The number of carbonyl (C=O) groups excluding carboxylic acids is 1. The third kappa shape index (κ3) is 3.22. The number of allylic oxidation sites excluding steroid dienone is 1. The number of ketones is 1. The van der Waals surface area contributed by atoms with Crippen molar-refractivity contribution in [2.45, 2.75) is 0 Å². The highest BCUT2D eigenvalue weighted by Crippen LogP contribution is 2.23. The van der Waals surface area contributed by atoms with Crippen LogP contribution in [0.4, 0.5) is 5.69 Å². The fourth-order valence-corrected chi connectivity index (χ4v) is 1.73. The van der Waals surface area contributed by atoms with Gasteiger partial charge >= 0.3 is 0 Å². The number of phenols is 1. The van der Waals surface area contributed by atoms with Crippen molar-refractivity contribution in [2.75, 3.05) is 12.4 Å². The van der Waals surface area contributed by atoms with Gasteiger partial charge in [-0.15, -0.1) is 0 Å². The zero-order valence-corrected chi connectivity index (χ0v) is 10.6. The summed E-state index contributed by atoms with van der Waals surface area (Å²) < 4.78 is 0. The largest absolute Gasteiger partial charge is 0.506 e. The molecule has 0 radical (unpaired) electrons. The average Bonchev–Trinajstić information content (AvgIpc) is 2.45. The van der Waals surface area contributed by atoms with Gasteiger partial charge in [-0.1, -0.05) is 36.4 Å². The second-order valence-corrected chi connectivity index (χ2v) is 4.09. The van der Waals surface area contributed by atoms with Crippen molar-refractivity contribution in [3.05, 3.63) is 65.7 Å². The lowest BCUT2D eigenvalue weighted by Gasteiger charge is -2.04. The summed E-state index contributed by atoms with van der Waals surface area (Å²) in [5.74, 6) is -0.0664. The van der Waals surface area contributed by atoms with Crippen LogP contribution in [0.2, 0.25) is 0 Å². The summed E-state index contributed by atoms with van der Waals surface area (Å²) in [4.78, 5) is 12.0. The number of hydrogen-bond donors (Lipinski definition) is 2. The normalized spacial score (nSPS) is 10.6. The Labute approximate surface area is 112 Å². The van der Waals surface area contributed by atoms with Crippen molar-refractivity contribution in [3.8, 4) is 5.75 Å². The Kier molecular flexibility index (Phi) is 3.98. The third-order valence-electron chi connectivity index (χ3n) is 2.78. The highest BCUT2D eigenvalue weighted by molar-refractivity contribution is 6.07. The van der Waals surface area contributed by atoms with E-state index in [1.165, 1.54) is 12.1 Å². The minimum Gasteiger partial charge on any atom is -0.506 e. The Morgan fingerprint density at radius 3 is 2.53 bits per heavy atom. The fourth-order valence-electron chi connectivity index (χ4n) is 1.73. The third-order valence-corrected chi connectivity index (χ3v) is 2.78. The molecule has 0 saturated heterocycles. The van der Waals surface area contributed by atoms with Crippen molar-refractivity contribution in [3.63, 3.8) is 0 Å². The van der Waals surface area contributed by atoms with Gasteiger partial charge in [0.2, 0.25) is 0 Å². The van der Waals surface area contributed by atoms with E-state index >= 15 is 0 Å². The van der Waals surface area contributed by atoms with Crippen LogP contribution >= 0.6 is 0 Å². The van der Waals surface area contributed by atoms with E-state index in [0.29, 0.717) is 11.3 Å². The summed E-state index contributed by atoms with van der Waals surface area (Å²) in [6.45, 7) is 0. The molecule has 96 valence electrons. The fraction of sp³-hybridized carbons (Fsp3) is 0.0625. The predicted octanol–water partition coefficient (Wildman–Crippen LogP) is 3.33. The van der Waals surface area contributed by atoms with E-state index < -0.39 is 0 Å². The Hall–Kier alpha value is -2.55. The lowest BCUT2D eigenvalue weighted by atomic mass is 10.1. The molecule has 3 heteroatoms. The van der Waals surface area contributed by atoms with Crippen LogP contribution in [0.25, 0.3) is 6.08 Å². The summed E-state index contributed by atoms with van der Waals surface area (Å²) in [6, 6.07) is 14.4. The van der Waals surface area contributed by atoms with Crippen LogP contribution < -0.4 is 5.32 Å². The quantitative estimate of drug-likeness (QED) is 0.499. The second kappa shape index (κ2) is 5.87. The number of hydrogen-bond acceptors (Lipinski definition) is 3. The van der Waals surface area contributed by atoms with Gasteiger partial charge in [-0.2, -0.15) is 0 Å². The molecule has 2 aromatic carbocycles. The molecule has 0 aliphatic rings. The van der Waals surface area contributed by atoms with E-state index in [1.54, 1.807) is 25.3 Å². The van der Waals surface area contributed by atoms with Crippen LogP contribution in [0.15, 0.2) is 54.6 Å². The Balaban J connectivity index is 2.16. The van der Waals surface area contributed by atoms with Gasteiger partial charge in [0.15, 0.2) is 5.78 Å². The van der Waals surface area contributed by atoms with Gasteiger partial charge in [0, 0.05) is 12.6 Å². The van der Waals surface area contributed by atoms with Crippen molar-refractivity contribution >= 4 is 17.5 Å². The van der Waals surface area contributed by atoms with Crippen LogP contribution in [-0.2, 0) is 0 Å². The summed E-state index contributed by atoms with van der Waals surface area (Å²) in [5.41, 5.74) is 2.03. The van der Waals surface area contributed by atoms with E-state index in [2.05, 4.69) is 5.32 Å². The molecule has 2 aromatic rings. The molecule has 3 nitrogen and oxygen atoms in total. The molecule has 0 fully saturated rings. The van der Waals surface area contributed by atoms with Crippen LogP contribution in [-0.4, -0.2) is 17.9 Å². The van der Waals surface area contributed by atoms with Crippen molar-refractivity contribution in [1.29, 1.82) is 0 Å². The van der Waals surface area contributed by atoms with Gasteiger partial charge in [0.1, 0.15) is 5.75 Å². The minimum absolute atomic E-state index is 0.0708. The van der Waals surface area contributed by atoms with E-state index in [4.69, 9.17) is 0 Å². The predicted molar refractivity (Wildman–Crippen MR) is 77.5 cm³/mol. The SMILES string of the molecule is CNc1ccc(C(=O)C=Cc2ccccc2)cc1O. The van der Waals surface area contributed by atoms with Crippen molar-refractivity contribution < 1.29 is 9.90 Å². The van der Waals surface area contributed by atoms with E-state index in [0.717, 1.165) is 5.56 Å². The molecule has 2 N–H and O–H groups in total. The monoisotopic (exact) mass is 253 g/mol. The van der Waals surface area contributed by atoms with Crippen LogP contribution in [0.5, 0.6) is 5.75 Å². The first-order valence-corrected chi connectivity index (χ1v) is 5.99. The van der Waals surface area contributed by atoms with Crippen LogP contribution in [0.3, 0.4) is 0 Å². The summed E-state index contributed by atoms with van der Waals surface area (Å²) in [7, 11) is 1.71. The first-order valence-electron chi connectivity index (χ1n) is 5.99.